The van der Waals surface area contributed by atoms with Crippen molar-refractivity contribution in [3.63, 3.8) is 0 Å². The van der Waals surface area contributed by atoms with Crippen LogP contribution in [0.4, 0.5) is 5.69 Å². The smallest absolute Gasteiger partial charge is 0.279 e. The molecule has 1 aliphatic rings. The first-order valence-electron chi connectivity index (χ1n) is 7.97. The summed E-state index contributed by atoms with van der Waals surface area (Å²) in [5, 5.41) is 4.90. The van der Waals surface area contributed by atoms with E-state index < -0.39 is 0 Å². The Morgan fingerprint density at radius 2 is 2.09 bits per heavy atom. The van der Waals surface area contributed by atoms with Crippen LogP contribution < -0.4 is 25.0 Å². The van der Waals surface area contributed by atoms with Gasteiger partial charge in [0, 0.05) is 6.07 Å². The Morgan fingerprint density at radius 1 is 1.30 bits per heavy atom. The lowest BCUT2D eigenvalue weighted by molar-refractivity contribution is -0.919. The molecular weight excluding hydrogens is 298 g/mol. The van der Waals surface area contributed by atoms with Crippen molar-refractivity contribution in [2.24, 2.45) is 0 Å². The van der Waals surface area contributed by atoms with Crippen molar-refractivity contribution in [2.45, 2.75) is 0 Å². The Labute approximate surface area is 136 Å². The van der Waals surface area contributed by atoms with Gasteiger partial charge in [-0.05, 0) is 12.1 Å². The molecule has 1 fully saturated rings. The molecule has 23 heavy (non-hydrogen) atoms. The van der Waals surface area contributed by atoms with Crippen molar-refractivity contribution < 1.29 is 29.2 Å². The van der Waals surface area contributed by atoms with Gasteiger partial charge in [-0.3, -0.25) is 4.79 Å². The van der Waals surface area contributed by atoms with Gasteiger partial charge in [0.15, 0.2) is 6.54 Å². The van der Waals surface area contributed by atoms with Crippen LogP contribution in [0.3, 0.4) is 0 Å². The van der Waals surface area contributed by atoms with Crippen LogP contribution in [0.1, 0.15) is 0 Å². The number of amides is 1. The van der Waals surface area contributed by atoms with Gasteiger partial charge in [-0.25, -0.2) is 0 Å². The summed E-state index contributed by atoms with van der Waals surface area (Å²) in [6.07, 6.45) is 0. The Bertz CT molecular complexity index is 504. The third kappa shape index (κ3) is 5.70. The molecule has 1 aromatic carbocycles. The molecule has 0 saturated carbocycles. The predicted octanol–water partition coefficient (Wildman–Crippen LogP) is -1.88. The van der Waals surface area contributed by atoms with Crippen LogP contribution in [0.5, 0.6) is 11.5 Å². The van der Waals surface area contributed by atoms with Gasteiger partial charge in [0.25, 0.3) is 5.91 Å². The number of carbonyl (C=O) groups excluding carboxylic acids is 1. The number of anilines is 1. The van der Waals surface area contributed by atoms with Gasteiger partial charge in [-0.15, -0.1) is 0 Å². The molecule has 1 saturated heterocycles. The number of quaternary nitrogens is 2. The molecule has 1 aliphatic heterocycles. The van der Waals surface area contributed by atoms with E-state index in [1.165, 1.54) is 0 Å². The van der Waals surface area contributed by atoms with Crippen LogP contribution in [0.25, 0.3) is 0 Å². The topological polar surface area (TPSA) is 77.8 Å². The van der Waals surface area contributed by atoms with Crippen LogP contribution >= 0.6 is 0 Å². The van der Waals surface area contributed by atoms with Gasteiger partial charge in [0.05, 0.1) is 33.1 Å². The number of nitrogens with one attached hydrogen (secondary N) is 2. The van der Waals surface area contributed by atoms with Crippen molar-refractivity contribution in [2.75, 3.05) is 65.5 Å². The number of morpholine rings is 1. The molecule has 1 aromatic rings. The van der Waals surface area contributed by atoms with Gasteiger partial charge in [-0.1, -0.05) is 0 Å². The second-order valence-corrected chi connectivity index (χ2v) is 5.51. The number of hydrogen-bond acceptors (Lipinski definition) is 4. The minimum absolute atomic E-state index is 0.0477. The van der Waals surface area contributed by atoms with Crippen molar-refractivity contribution in [1.82, 2.24) is 0 Å². The molecular formula is C16H27N3O4+2. The van der Waals surface area contributed by atoms with Crippen molar-refractivity contribution >= 4 is 11.6 Å². The largest absolute Gasteiger partial charge is 0.497 e. The second kappa shape index (κ2) is 9.34. The summed E-state index contributed by atoms with van der Waals surface area (Å²) < 4.78 is 15.8. The molecule has 7 heteroatoms. The summed E-state index contributed by atoms with van der Waals surface area (Å²) >= 11 is 0. The van der Waals surface area contributed by atoms with E-state index >= 15 is 0 Å². The molecule has 4 N–H and O–H groups in total. The molecule has 0 unspecified atom stereocenters. The Kier molecular flexibility index (Phi) is 7.12. The van der Waals surface area contributed by atoms with Crippen molar-refractivity contribution in [1.29, 1.82) is 0 Å². The fraction of sp³-hybridized carbons (Fsp3) is 0.562. The van der Waals surface area contributed by atoms with Crippen LogP contribution in [0.2, 0.25) is 0 Å². The summed E-state index contributed by atoms with van der Waals surface area (Å²) in [5.74, 6) is 1.26. The highest BCUT2D eigenvalue weighted by Gasteiger charge is 2.15. The van der Waals surface area contributed by atoms with Gasteiger partial charge >= 0.3 is 0 Å². The quantitative estimate of drug-likeness (QED) is 0.489. The molecule has 0 aliphatic carbocycles. The normalized spacial score (nSPS) is 15.2. The van der Waals surface area contributed by atoms with E-state index in [1.54, 1.807) is 37.3 Å². The first kappa shape index (κ1) is 17.5. The lowest BCUT2D eigenvalue weighted by atomic mass is 10.2. The molecule has 0 spiro atoms. The van der Waals surface area contributed by atoms with E-state index in [0.29, 0.717) is 23.7 Å². The van der Waals surface area contributed by atoms with Crippen LogP contribution in [0, 0.1) is 0 Å². The average molecular weight is 325 g/mol. The molecule has 0 atom stereocenters. The molecule has 128 valence electrons. The number of nitrogens with two attached hydrogens (primary N) is 1. The van der Waals surface area contributed by atoms with E-state index in [9.17, 15) is 4.79 Å². The molecule has 7 nitrogen and oxygen atoms in total. The fourth-order valence-electron chi connectivity index (χ4n) is 2.56. The monoisotopic (exact) mass is 325 g/mol. The van der Waals surface area contributed by atoms with Gasteiger partial charge in [-0.2, -0.15) is 0 Å². The van der Waals surface area contributed by atoms with Gasteiger partial charge in [0.2, 0.25) is 0 Å². The fourth-order valence-corrected chi connectivity index (χ4v) is 2.56. The van der Waals surface area contributed by atoms with E-state index in [0.717, 1.165) is 39.4 Å². The molecule has 2 rings (SSSR count). The van der Waals surface area contributed by atoms with Gasteiger partial charge in [0.1, 0.15) is 37.7 Å². The van der Waals surface area contributed by atoms with Crippen LogP contribution in [0.15, 0.2) is 18.2 Å². The molecule has 0 radical (unpaired) electrons. The summed E-state index contributed by atoms with van der Waals surface area (Å²) in [4.78, 5) is 13.6. The van der Waals surface area contributed by atoms with E-state index in [4.69, 9.17) is 14.2 Å². The highest BCUT2D eigenvalue weighted by Crippen LogP contribution is 2.28. The maximum absolute atomic E-state index is 12.1. The Morgan fingerprint density at radius 3 is 2.78 bits per heavy atom. The zero-order valence-corrected chi connectivity index (χ0v) is 13.9. The van der Waals surface area contributed by atoms with Crippen LogP contribution in [-0.2, 0) is 9.53 Å². The second-order valence-electron chi connectivity index (χ2n) is 5.51. The predicted molar refractivity (Wildman–Crippen MR) is 86.2 cm³/mol. The Hall–Kier alpha value is -1.83. The zero-order chi connectivity index (χ0) is 16.5. The first-order valence-corrected chi connectivity index (χ1v) is 7.97. The minimum Gasteiger partial charge on any atom is -0.497 e. The number of hydrogen-bond donors (Lipinski definition) is 3. The SMILES string of the molecule is COc1ccc(OC)c(NC(=O)C[NH2+]CC[NH+]2CCOCC2)c1. The lowest BCUT2D eigenvalue weighted by Gasteiger charge is -2.22. The maximum Gasteiger partial charge on any atom is 0.279 e. The summed E-state index contributed by atoms with van der Waals surface area (Å²) in [6, 6.07) is 5.33. The number of rotatable bonds is 8. The number of methoxy groups -OCH3 is 2. The summed E-state index contributed by atoms with van der Waals surface area (Å²) in [6.45, 7) is 6.17. The van der Waals surface area contributed by atoms with Crippen molar-refractivity contribution in [3.05, 3.63) is 18.2 Å². The molecule has 1 amide bonds. The lowest BCUT2D eigenvalue weighted by Crippen LogP contribution is -3.16. The summed E-state index contributed by atoms with van der Waals surface area (Å²) in [5.41, 5.74) is 0.629. The van der Waals surface area contributed by atoms with Crippen molar-refractivity contribution in [3.8, 4) is 11.5 Å². The Balaban J connectivity index is 1.73. The highest BCUT2D eigenvalue weighted by molar-refractivity contribution is 5.93. The standard InChI is InChI=1S/C16H25N3O4/c1-21-13-3-4-15(22-2)14(11-13)18-16(20)12-17-5-6-19-7-9-23-10-8-19/h3-4,11,17H,5-10,12H2,1-2H3,(H,18,20)/p+2. The third-order valence-electron chi connectivity index (χ3n) is 3.91. The number of benzene rings is 1. The molecule has 0 aromatic heterocycles. The minimum atomic E-state index is -0.0477. The highest BCUT2D eigenvalue weighted by atomic mass is 16.5. The summed E-state index contributed by atoms with van der Waals surface area (Å²) in [7, 11) is 3.17. The first-order chi connectivity index (χ1) is 11.2. The van der Waals surface area contributed by atoms with Gasteiger partial charge < -0.3 is 29.7 Å². The van der Waals surface area contributed by atoms with E-state index in [-0.39, 0.29) is 5.91 Å². The molecule has 1 heterocycles. The maximum atomic E-state index is 12.1. The van der Waals surface area contributed by atoms with Crippen LogP contribution in [-0.4, -0.2) is 66.1 Å². The molecule has 0 bridgehead atoms. The van der Waals surface area contributed by atoms with E-state index in [2.05, 4.69) is 5.32 Å². The third-order valence-corrected chi connectivity index (χ3v) is 3.91. The number of carbonyl (C=O) groups is 1. The number of ether oxygens (including phenoxy) is 3. The van der Waals surface area contributed by atoms with E-state index in [1.807, 2.05) is 5.32 Å². The average Bonchev–Trinajstić information content (AvgIpc) is 2.59. The zero-order valence-electron chi connectivity index (χ0n) is 13.9.